The van der Waals surface area contributed by atoms with Gasteiger partial charge in [-0.3, -0.25) is 14.5 Å². The number of thioether (sulfide) groups is 1. The Hall–Kier alpha value is -2.16. The molecule has 0 saturated carbocycles. The SMILES string of the molecule is Cc1cccc(-c2ccc(S(=O)(=O)N3CCC(N4C(=O)CSC4=O)CC3)cc2)c1. The van der Waals surface area contributed by atoms with E-state index in [1.54, 1.807) is 12.1 Å². The largest absolute Gasteiger partial charge is 0.289 e. The molecule has 0 N–H and O–H groups in total. The predicted octanol–water partition coefficient (Wildman–Crippen LogP) is 3.51. The van der Waals surface area contributed by atoms with Crippen LogP contribution in [0.2, 0.25) is 0 Å². The van der Waals surface area contributed by atoms with Gasteiger partial charge in [0.1, 0.15) is 0 Å². The summed E-state index contributed by atoms with van der Waals surface area (Å²) >= 11 is 1.02. The maximum absolute atomic E-state index is 13.0. The number of amides is 2. The van der Waals surface area contributed by atoms with Crippen LogP contribution >= 0.6 is 11.8 Å². The second kappa shape index (κ2) is 7.93. The van der Waals surface area contributed by atoms with Gasteiger partial charge in [0.05, 0.1) is 10.6 Å². The summed E-state index contributed by atoms with van der Waals surface area (Å²) in [5.41, 5.74) is 3.16. The fourth-order valence-corrected chi connectivity index (χ4v) is 6.10. The van der Waals surface area contributed by atoms with E-state index in [0.717, 1.165) is 28.5 Å². The van der Waals surface area contributed by atoms with Gasteiger partial charge >= 0.3 is 0 Å². The standard InChI is InChI=1S/C21H22N2O4S2/c1-15-3-2-4-17(13-15)16-5-7-19(8-6-16)29(26,27)22-11-9-18(10-12-22)23-20(24)14-28-21(23)25/h2-8,13,18H,9-12,14H2,1H3. The second-order valence-corrected chi connectivity index (χ2v) is 10.2. The van der Waals surface area contributed by atoms with E-state index in [9.17, 15) is 18.0 Å². The zero-order valence-corrected chi connectivity index (χ0v) is 17.7. The third-order valence-corrected chi connectivity index (χ3v) is 8.16. The molecule has 2 saturated heterocycles. The second-order valence-electron chi connectivity index (χ2n) is 7.35. The van der Waals surface area contributed by atoms with Crippen LogP contribution in [-0.4, -0.2) is 53.7 Å². The van der Waals surface area contributed by atoms with E-state index in [1.807, 2.05) is 37.3 Å². The van der Waals surface area contributed by atoms with Gasteiger partial charge in [0.15, 0.2) is 0 Å². The van der Waals surface area contributed by atoms with Crippen molar-refractivity contribution in [3.05, 3.63) is 54.1 Å². The number of hydrogen-bond donors (Lipinski definition) is 0. The third-order valence-electron chi connectivity index (χ3n) is 5.42. The number of nitrogens with zero attached hydrogens (tertiary/aromatic N) is 2. The van der Waals surface area contributed by atoms with Crippen LogP contribution in [0, 0.1) is 6.92 Å². The maximum Gasteiger partial charge on any atom is 0.289 e. The molecule has 2 amide bonds. The van der Waals surface area contributed by atoms with Gasteiger partial charge in [0, 0.05) is 19.1 Å². The number of piperidine rings is 1. The van der Waals surface area contributed by atoms with Crippen molar-refractivity contribution < 1.29 is 18.0 Å². The summed E-state index contributed by atoms with van der Waals surface area (Å²) in [6.07, 6.45) is 0.942. The van der Waals surface area contributed by atoms with Gasteiger partial charge in [-0.1, -0.05) is 53.7 Å². The summed E-state index contributed by atoms with van der Waals surface area (Å²) in [6.45, 7) is 2.62. The average molecular weight is 431 g/mol. The van der Waals surface area contributed by atoms with E-state index in [-0.39, 0.29) is 27.8 Å². The van der Waals surface area contributed by atoms with Crippen LogP contribution in [0.4, 0.5) is 4.79 Å². The molecule has 0 atom stereocenters. The number of rotatable bonds is 4. The third kappa shape index (κ3) is 3.97. The van der Waals surface area contributed by atoms with Crippen molar-refractivity contribution in [3.63, 3.8) is 0 Å². The van der Waals surface area contributed by atoms with Crippen LogP contribution in [0.5, 0.6) is 0 Å². The Kier molecular flexibility index (Phi) is 5.50. The zero-order valence-electron chi connectivity index (χ0n) is 16.1. The molecule has 2 fully saturated rings. The van der Waals surface area contributed by atoms with Gasteiger partial charge in [0.25, 0.3) is 5.24 Å². The van der Waals surface area contributed by atoms with Crippen LogP contribution in [0.1, 0.15) is 18.4 Å². The summed E-state index contributed by atoms with van der Waals surface area (Å²) in [6, 6.07) is 14.8. The molecule has 0 aromatic heterocycles. The first-order valence-electron chi connectivity index (χ1n) is 9.52. The molecule has 0 spiro atoms. The smallest absolute Gasteiger partial charge is 0.273 e. The van der Waals surface area contributed by atoms with Gasteiger partial charge in [-0.2, -0.15) is 4.31 Å². The molecule has 0 unspecified atom stereocenters. The lowest BCUT2D eigenvalue weighted by Gasteiger charge is -2.34. The van der Waals surface area contributed by atoms with Crippen molar-refractivity contribution in [2.24, 2.45) is 0 Å². The normalized spacial score (nSPS) is 19.1. The first-order valence-corrected chi connectivity index (χ1v) is 11.9. The van der Waals surface area contributed by atoms with Crippen LogP contribution in [-0.2, 0) is 14.8 Å². The first kappa shape index (κ1) is 20.1. The van der Waals surface area contributed by atoms with E-state index in [2.05, 4.69) is 6.07 Å². The van der Waals surface area contributed by atoms with Gasteiger partial charge in [-0.25, -0.2) is 8.42 Å². The van der Waals surface area contributed by atoms with Crippen LogP contribution < -0.4 is 0 Å². The molecular weight excluding hydrogens is 408 g/mol. The molecule has 0 bridgehead atoms. The fourth-order valence-electron chi connectivity index (χ4n) is 3.85. The minimum Gasteiger partial charge on any atom is -0.273 e. The Balaban J connectivity index is 1.46. The number of carbonyl (C=O) groups excluding carboxylic acids is 2. The van der Waals surface area contributed by atoms with Crippen molar-refractivity contribution in [1.82, 2.24) is 9.21 Å². The molecule has 2 aromatic carbocycles. The highest BCUT2D eigenvalue weighted by Gasteiger charge is 2.39. The van der Waals surface area contributed by atoms with E-state index in [0.29, 0.717) is 25.9 Å². The molecule has 2 aromatic rings. The van der Waals surface area contributed by atoms with Crippen molar-refractivity contribution in [2.75, 3.05) is 18.8 Å². The Labute approximate surface area is 174 Å². The molecule has 2 heterocycles. The number of carbonyl (C=O) groups is 2. The van der Waals surface area contributed by atoms with Gasteiger partial charge in [-0.05, 0) is 43.0 Å². The van der Waals surface area contributed by atoms with Gasteiger partial charge in [-0.15, -0.1) is 0 Å². The molecule has 152 valence electrons. The summed E-state index contributed by atoms with van der Waals surface area (Å²) < 4.78 is 27.5. The van der Waals surface area contributed by atoms with E-state index in [4.69, 9.17) is 0 Å². The van der Waals surface area contributed by atoms with Crippen LogP contribution in [0.3, 0.4) is 0 Å². The highest BCUT2D eigenvalue weighted by atomic mass is 32.2. The topological polar surface area (TPSA) is 74.8 Å². The molecule has 6 nitrogen and oxygen atoms in total. The average Bonchev–Trinajstić information content (AvgIpc) is 3.06. The lowest BCUT2D eigenvalue weighted by Crippen LogP contribution is -2.48. The van der Waals surface area contributed by atoms with Crippen LogP contribution in [0.15, 0.2) is 53.4 Å². The summed E-state index contributed by atoms with van der Waals surface area (Å²) in [7, 11) is -3.60. The number of hydrogen-bond acceptors (Lipinski definition) is 5. The molecule has 29 heavy (non-hydrogen) atoms. The molecule has 2 aliphatic heterocycles. The zero-order chi connectivity index (χ0) is 20.6. The Morgan fingerprint density at radius 3 is 2.24 bits per heavy atom. The monoisotopic (exact) mass is 430 g/mol. The first-order chi connectivity index (χ1) is 13.9. The Bertz CT molecular complexity index is 1030. The lowest BCUT2D eigenvalue weighted by atomic mass is 10.0. The Morgan fingerprint density at radius 1 is 0.966 bits per heavy atom. The quantitative estimate of drug-likeness (QED) is 0.742. The molecule has 2 aliphatic rings. The number of sulfonamides is 1. The molecule has 4 rings (SSSR count). The van der Waals surface area contributed by atoms with Crippen molar-refractivity contribution >= 4 is 32.9 Å². The fraction of sp³-hybridized carbons (Fsp3) is 0.333. The summed E-state index contributed by atoms with van der Waals surface area (Å²) in [5.74, 6) is 0.0120. The number of imide groups is 1. The highest BCUT2D eigenvalue weighted by molar-refractivity contribution is 8.14. The minimum absolute atomic E-state index is 0.173. The highest BCUT2D eigenvalue weighted by Crippen LogP contribution is 2.29. The number of benzene rings is 2. The van der Waals surface area contributed by atoms with E-state index < -0.39 is 10.0 Å². The minimum atomic E-state index is -3.60. The summed E-state index contributed by atoms with van der Waals surface area (Å²) in [5, 5.41) is -0.219. The van der Waals surface area contributed by atoms with Gasteiger partial charge in [0.2, 0.25) is 15.9 Å². The van der Waals surface area contributed by atoms with Crippen molar-refractivity contribution in [1.29, 1.82) is 0 Å². The molecule has 0 aliphatic carbocycles. The molecular formula is C21H22N2O4S2. The van der Waals surface area contributed by atoms with E-state index >= 15 is 0 Å². The van der Waals surface area contributed by atoms with Gasteiger partial charge < -0.3 is 0 Å². The lowest BCUT2D eigenvalue weighted by molar-refractivity contribution is -0.126. The van der Waals surface area contributed by atoms with E-state index in [1.165, 1.54) is 9.21 Å². The van der Waals surface area contributed by atoms with Crippen LogP contribution in [0.25, 0.3) is 11.1 Å². The molecule has 0 radical (unpaired) electrons. The molecule has 8 heteroatoms. The van der Waals surface area contributed by atoms with Crippen molar-refractivity contribution in [3.8, 4) is 11.1 Å². The summed E-state index contributed by atoms with van der Waals surface area (Å²) in [4.78, 5) is 25.4. The maximum atomic E-state index is 13.0. The predicted molar refractivity (Wildman–Crippen MR) is 113 cm³/mol. The van der Waals surface area contributed by atoms with Crippen molar-refractivity contribution in [2.45, 2.75) is 30.7 Å². The Morgan fingerprint density at radius 2 is 1.66 bits per heavy atom. The number of aryl methyl sites for hydroxylation is 1.